The van der Waals surface area contributed by atoms with Gasteiger partial charge < -0.3 is 20.1 Å². The first-order valence-corrected chi connectivity index (χ1v) is 9.61. The molecule has 2 aromatic carbocycles. The molecular formula is C22H19F3N2O4. The summed E-state index contributed by atoms with van der Waals surface area (Å²) in [6.45, 7) is -0.405. The van der Waals surface area contributed by atoms with E-state index in [9.17, 15) is 22.8 Å². The van der Waals surface area contributed by atoms with Crippen molar-refractivity contribution in [2.45, 2.75) is 31.5 Å². The quantitative estimate of drug-likeness (QED) is 0.621. The summed E-state index contributed by atoms with van der Waals surface area (Å²) >= 11 is 0. The molecule has 9 heteroatoms. The fraction of sp³-hybridized carbons (Fsp3) is 0.273. The molecule has 31 heavy (non-hydrogen) atoms. The number of carboxylic acids is 1. The predicted octanol–water partition coefficient (Wildman–Crippen LogP) is 3.69. The lowest BCUT2D eigenvalue weighted by molar-refractivity contribution is -0.139. The van der Waals surface area contributed by atoms with Crippen molar-refractivity contribution in [1.82, 2.24) is 4.57 Å². The Morgan fingerprint density at radius 3 is 2.61 bits per heavy atom. The Balaban J connectivity index is 1.86. The van der Waals surface area contributed by atoms with Gasteiger partial charge in [0.1, 0.15) is 5.75 Å². The Morgan fingerprint density at radius 1 is 1.19 bits per heavy atom. The lowest BCUT2D eigenvalue weighted by atomic mass is 9.99. The van der Waals surface area contributed by atoms with Crippen molar-refractivity contribution in [3.63, 3.8) is 0 Å². The van der Waals surface area contributed by atoms with Crippen LogP contribution in [0.5, 0.6) is 5.75 Å². The van der Waals surface area contributed by atoms with Crippen LogP contribution in [0.15, 0.2) is 42.5 Å². The second-order valence-electron chi connectivity index (χ2n) is 7.47. The number of nitrogens with two attached hydrogens (primary N) is 1. The van der Waals surface area contributed by atoms with Crippen molar-refractivity contribution in [3.8, 4) is 5.75 Å². The topological polar surface area (TPSA) is 94.6 Å². The van der Waals surface area contributed by atoms with Crippen molar-refractivity contribution in [1.29, 1.82) is 0 Å². The minimum atomic E-state index is -4.45. The molecule has 0 saturated carbocycles. The summed E-state index contributed by atoms with van der Waals surface area (Å²) in [4.78, 5) is 23.0. The molecule has 0 spiro atoms. The van der Waals surface area contributed by atoms with Gasteiger partial charge in [0.15, 0.2) is 6.61 Å². The maximum absolute atomic E-state index is 13.1. The van der Waals surface area contributed by atoms with Crippen LogP contribution in [0.25, 0.3) is 10.9 Å². The Kier molecular flexibility index (Phi) is 5.12. The third-order valence-corrected chi connectivity index (χ3v) is 5.51. The molecule has 1 atom stereocenters. The van der Waals surface area contributed by atoms with Gasteiger partial charge in [-0.05, 0) is 48.2 Å². The first-order valence-electron chi connectivity index (χ1n) is 9.61. The molecule has 3 N–H and O–H groups in total. The zero-order valence-electron chi connectivity index (χ0n) is 16.3. The maximum Gasteiger partial charge on any atom is 0.416 e. The summed E-state index contributed by atoms with van der Waals surface area (Å²) in [6.07, 6.45) is -3.45. The largest absolute Gasteiger partial charge is 0.481 e. The van der Waals surface area contributed by atoms with E-state index in [0.717, 1.165) is 17.8 Å². The third-order valence-electron chi connectivity index (χ3n) is 5.51. The molecule has 4 rings (SSSR count). The lowest BCUT2D eigenvalue weighted by Gasteiger charge is -2.13. The van der Waals surface area contributed by atoms with E-state index in [4.69, 9.17) is 15.6 Å². The Labute approximate surface area is 175 Å². The van der Waals surface area contributed by atoms with Crippen LogP contribution in [0, 0.1) is 0 Å². The van der Waals surface area contributed by atoms with E-state index >= 15 is 0 Å². The van der Waals surface area contributed by atoms with Crippen LogP contribution >= 0.6 is 0 Å². The number of primary amides is 1. The van der Waals surface area contributed by atoms with E-state index in [2.05, 4.69) is 0 Å². The molecule has 1 heterocycles. The Morgan fingerprint density at radius 2 is 1.94 bits per heavy atom. The number of halogens is 3. The van der Waals surface area contributed by atoms with Gasteiger partial charge in [0.25, 0.3) is 0 Å². The number of fused-ring (bicyclic) bond motifs is 3. The number of aromatic nitrogens is 1. The molecule has 0 aliphatic heterocycles. The van der Waals surface area contributed by atoms with E-state index in [-0.39, 0.29) is 6.54 Å². The van der Waals surface area contributed by atoms with Crippen LogP contribution < -0.4 is 10.5 Å². The number of alkyl halides is 3. The summed E-state index contributed by atoms with van der Waals surface area (Å²) in [6, 6.07) is 10.1. The predicted molar refractivity (Wildman–Crippen MR) is 106 cm³/mol. The summed E-state index contributed by atoms with van der Waals surface area (Å²) in [5.41, 5.74) is 7.42. The fourth-order valence-corrected chi connectivity index (χ4v) is 4.27. The third kappa shape index (κ3) is 3.83. The van der Waals surface area contributed by atoms with E-state index in [1.165, 1.54) is 6.07 Å². The normalized spacial score (nSPS) is 15.8. The molecule has 0 saturated heterocycles. The van der Waals surface area contributed by atoms with E-state index in [1.807, 2.05) is 4.57 Å². The molecule has 1 aliphatic rings. The molecule has 1 unspecified atom stereocenters. The number of carbonyl (C=O) groups is 2. The fourth-order valence-electron chi connectivity index (χ4n) is 4.27. The summed E-state index contributed by atoms with van der Waals surface area (Å²) < 4.78 is 46.7. The number of carboxylic acid groups (broad SMARTS) is 1. The second-order valence-corrected chi connectivity index (χ2v) is 7.47. The number of rotatable bonds is 6. The highest BCUT2D eigenvalue weighted by molar-refractivity contribution is 5.97. The average molecular weight is 432 g/mol. The van der Waals surface area contributed by atoms with Gasteiger partial charge in [-0.25, -0.2) is 4.79 Å². The molecule has 0 radical (unpaired) electrons. The number of hydrogen-bond donors (Lipinski definition) is 2. The van der Waals surface area contributed by atoms with Crippen LogP contribution in [0.4, 0.5) is 13.2 Å². The van der Waals surface area contributed by atoms with E-state index in [1.54, 1.807) is 24.3 Å². The molecule has 0 fully saturated rings. The van der Waals surface area contributed by atoms with Crippen molar-refractivity contribution < 1.29 is 32.6 Å². The minimum absolute atomic E-state index is 0.156. The van der Waals surface area contributed by atoms with Crippen LogP contribution in [0.3, 0.4) is 0 Å². The number of benzene rings is 2. The molecular weight excluding hydrogens is 413 g/mol. The van der Waals surface area contributed by atoms with Gasteiger partial charge in [0.05, 0.1) is 17.0 Å². The van der Waals surface area contributed by atoms with Crippen LogP contribution in [0.2, 0.25) is 0 Å². The van der Waals surface area contributed by atoms with Gasteiger partial charge in [0.2, 0.25) is 5.91 Å². The number of nitrogens with zero attached hydrogens (tertiary/aromatic N) is 1. The van der Waals surface area contributed by atoms with Gasteiger partial charge in [-0.1, -0.05) is 18.2 Å². The summed E-state index contributed by atoms with van der Waals surface area (Å²) in [5.74, 6) is -1.93. The number of hydrogen-bond acceptors (Lipinski definition) is 3. The van der Waals surface area contributed by atoms with Crippen molar-refractivity contribution in [2.24, 2.45) is 5.73 Å². The number of aliphatic carboxylic acids is 1. The molecule has 0 bridgehead atoms. The zero-order valence-corrected chi connectivity index (χ0v) is 16.3. The maximum atomic E-state index is 13.1. The number of amides is 1. The standard InChI is InChI=1S/C22H19F3N2O4/c23-22(24,25)13-4-1-3-12(9-13)10-27-15-5-2-6-17(31-11-18(28)29)20(15)19-14(21(26)30)7-8-16(19)27/h1-6,9,14H,7-8,10-11H2,(H2,26,30)(H,28,29). The van der Waals surface area contributed by atoms with Gasteiger partial charge in [-0.2, -0.15) is 13.2 Å². The van der Waals surface area contributed by atoms with Crippen LogP contribution in [0.1, 0.15) is 34.7 Å². The van der Waals surface area contributed by atoms with Gasteiger partial charge in [-0.15, -0.1) is 0 Å². The smallest absolute Gasteiger partial charge is 0.416 e. The van der Waals surface area contributed by atoms with Gasteiger partial charge in [-0.3, -0.25) is 4.79 Å². The molecule has 1 amide bonds. The first kappa shape index (κ1) is 20.8. The molecule has 162 valence electrons. The monoisotopic (exact) mass is 432 g/mol. The molecule has 1 aromatic heterocycles. The summed E-state index contributed by atoms with van der Waals surface area (Å²) in [5, 5.41) is 9.55. The average Bonchev–Trinajstić information content (AvgIpc) is 3.26. The Hall–Kier alpha value is -3.49. The molecule has 6 nitrogen and oxygen atoms in total. The minimum Gasteiger partial charge on any atom is -0.481 e. The van der Waals surface area contributed by atoms with Crippen LogP contribution in [-0.2, 0) is 28.7 Å². The number of carbonyl (C=O) groups excluding carboxylic acids is 1. The lowest BCUT2D eigenvalue weighted by Crippen LogP contribution is -2.19. The first-order chi connectivity index (χ1) is 14.7. The SMILES string of the molecule is NC(=O)C1CCc2c1c1c(OCC(=O)O)cccc1n2Cc1cccc(C(F)(F)F)c1. The van der Waals surface area contributed by atoms with E-state index in [0.29, 0.717) is 40.6 Å². The highest BCUT2D eigenvalue weighted by Gasteiger charge is 2.35. The van der Waals surface area contributed by atoms with Crippen molar-refractivity contribution >= 4 is 22.8 Å². The highest BCUT2D eigenvalue weighted by atomic mass is 19.4. The van der Waals surface area contributed by atoms with Gasteiger partial charge in [0, 0.05) is 17.6 Å². The molecule has 1 aliphatic carbocycles. The van der Waals surface area contributed by atoms with Crippen molar-refractivity contribution in [2.75, 3.05) is 6.61 Å². The van der Waals surface area contributed by atoms with E-state index < -0.39 is 36.1 Å². The van der Waals surface area contributed by atoms with Gasteiger partial charge >= 0.3 is 12.1 Å². The molecule has 3 aromatic rings. The Bertz CT molecular complexity index is 1180. The highest BCUT2D eigenvalue weighted by Crippen LogP contribution is 2.44. The van der Waals surface area contributed by atoms with Crippen LogP contribution in [-0.4, -0.2) is 28.2 Å². The summed E-state index contributed by atoms with van der Waals surface area (Å²) in [7, 11) is 0. The zero-order chi connectivity index (χ0) is 22.3. The number of ether oxygens (including phenoxy) is 1. The second kappa shape index (κ2) is 7.64. The van der Waals surface area contributed by atoms with Crippen molar-refractivity contribution in [3.05, 3.63) is 64.8 Å².